The summed E-state index contributed by atoms with van der Waals surface area (Å²) in [6.07, 6.45) is 0. The van der Waals surface area contributed by atoms with Gasteiger partial charge in [0, 0.05) is 10.9 Å². The minimum absolute atomic E-state index is 0.162. The molecule has 0 radical (unpaired) electrons. The van der Waals surface area contributed by atoms with Gasteiger partial charge in [0.2, 0.25) is 11.7 Å². The Labute approximate surface area is 124 Å². The first-order chi connectivity index (χ1) is 10.1. The van der Waals surface area contributed by atoms with Crippen LogP contribution in [-0.2, 0) is 6.54 Å². The van der Waals surface area contributed by atoms with Crippen molar-refractivity contribution in [2.24, 2.45) is 0 Å². The van der Waals surface area contributed by atoms with Crippen LogP contribution in [0, 0.1) is 13.8 Å². The van der Waals surface area contributed by atoms with Crippen molar-refractivity contribution in [3.05, 3.63) is 39.6 Å². The van der Waals surface area contributed by atoms with Crippen LogP contribution in [0.4, 0.5) is 0 Å². The average molecular weight is 304 g/mol. The smallest absolute Gasteiger partial charge is 0.261 e. The van der Waals surface area contributed by atoms with Gasteiger partial charge in [0.1, 0.15) is 5.76 Å². The molecular weight excluding hydrogens is 292 g/mol. The van der Waals surface area contributed by atoms with E-state index in [0.717, 1.165) is 4.88 Å². The first-order valence-corrected chi connectivity index (χ1v) is 7.04. The Hall–Kier alpha value is -2.48. The van der Waals surface area contributed by atoms with Gasteiger partial charge in [-0.25, -0.2) is 0 Å². The summed E-state index contributed by atoms with van der Waals surface area (Å²) in [7, 11) is 0. The van der Waals surface area contributed by atoms with Crippen LogP contribution in [0.25, 0.3) is 11.5 Å². The van der Waals surface area contributed by atoms with Crippen molar-refractivity contribution in [1.29, 1.82) is 0 Å². The quantitative estimate of drug-likeness (QED) is 0.795. The molecule has 0 aliphatic heterocycles. The second kappa shape index (κ2) is 5.49. The van der Waals surface area contributed by atoms with Crippen LogP contribution in [-0.4, -0.2) is 21.2 Å². The molecule has 0 unspecified atom stereocenters. The molecule has 8 heteroatoms. The fraction of sp³-hybridized carbons (Fsp3) is 0.231. The molecule has 7 nitrogen and oxygen atoms in total. The second-order valence-corrected chi connectivity index (χ2v) is 5.72. The number of thiophene rings is 1. The normalized spacial score (nSPS) is 10.8. The monoisotopic (exact) mass is 304 g/mol. The maximum atomic E-state index is 11.9. The summed E-state index contributed by atoms with van der Waals surface area (Å²) in [5.41, 5.74) is 0.503. The molecular formula is C13H12N4O3S. The Morgan fingerprint density at radius 3 is 2.81 bits per heavy atom. The number of aromatic nitrogens is 3. The number of rotatable bonds is 4. The molecule has 0 fully saturated rings. The Morgan fingerprint density at radius 2 is 2.14 bits per heavy atom. The van der Waals surface area contributed by atoms with E-state index in [-0.39, 0.29) is 12.5 Å². The molecule has 1 N–H and O–H groups in total. The fourth-order valence-corrected chi connectivity index (χ4v) is 2.49. The SMILES string of the molecule is Cc1cc(-c2noc(CNC(=O)c3ccc(C)s3)n2)no1. The average Bonchev–Trinajstić information content (AvgIpc) is 3.16. The molecule has 0 bridgehead atoms. The van der Waals surface area contributed by atoms with Crippen LogP contribution < -0.4 is 5.32 Å². The van der Waals surface area contributed by atoms with Crippen molar-refractivity contribution >= 4 is 17.2 Å². The molecule has 0 atom stereocenters. The van der Waals surface area contributed by atoms with E-state index in [9.17, 15) is 4.79 Å². The summed E-state index contributed by atoms with van der Waals surface area (Å²) in [6, 6.07) is 5.39. The molecule has 0 saturated heterocycles. The Bertz CT molecular complexity index is 774. The first-order valence-electron chi connectivity index (χ1n) is 6.23. The predicted octanol–water partition coefficient (Wildman–Crippen LogP) is 2.33. The minimum Gasteiger partial charge on any atom is -0.361 e. The summed E-state index contributed by atoms with van der Waals surface area (Å²) < 4.78 is 10.0. The molecule has 1 amide bonds. The first kappa shape index (κ1) is 13.5. The van der Waals surface area contributed by atoms with Gasteiger partial charge in [-0.05, 0) is 26.0 Å². The third-order valence-electron chi connectivity index (χ3n) is 2.69. The molecule has 0 saturated carbocycles. The molecule has 0 spiro atoms. The summed E-state index contributed by atoms with van der Waals surface area (Å²) in [5, 5.41) is 10.3. The van der Waals surface area contributed by atoms with Crippen LogP contribution in [0.3, 0.4) is 0 Å². The summed E-state index contributed by atoms with van der Waals surface area (Å²) in [4.78, 5) is 17.8. The third-order valence-corrected chi connectivity index (χ3v) is 3.69. The summed E-state index contributed by atoms with van der Waals surface area (Å²) >= 11 is 1.43. The number of nitrogens with one attached hydrogen (secondary N) is 1. The topological polar surface area (TPSA) is 94.1 Å². The number of hydrogen-bond donors (Lipinski definition) is 1. The summed E-state index contributed by atoms with van der Waals surface area (Å²) in [6.45, 7) is 3.89. The third kappa shape index (κ3) is 3.00. The minimum atomic E-state index is -0.162. The van der Waals surface area contributed by atoms with E-state index < -0.39 is 0 Å². The molecule has 3 heterocycles. The molecule has 0 aliphatic carbocycles. The standard InChI is InChI=1S/C13H12N4O3S/c1-7-5-9(16-19-7)12-15-11(20-17-12)6-14-13(18)10-4-3-8(2)21-10/h3-5H,6H2,1-2H3,(H,14,18). The van der Waals surface area contributed by atoms with Gasteiger partial charge < -0.3 is 14.4 Å². The van der Waals surface area contributed by atoms with E-state index in [4.69, 9.17) is 9.05 Å². The lowest BCUT2D eigenvalue weighted by atomic mass is 10.4. The number of nitrogens with zero attached hydrogens (tertiary/aromatic N) is 3. The summed E-state index contributed by atoms with van der Waals surface area (Å²) in [5.74, 6) is 1.15. The van der Waals surface area contributed by atoms with Crippen molar-refractivity contribution in [3.8, 4) is 11.5 Å². The zero-order chi connectivity index (χ0) is 14.8. The van der Waals surface area contributed by atoms with Crippen molar-refractivity contribution < 1.29 is 13.8 Å². The van der Waals surface area contributed by atoms with Gasteiger partial charge in [-0.1, -0.05) is 10.3 Å². The number of carbonyl (C=O) groups excluding carboxylic acids is 1. The Morgan fingerprint density at radius 1 is 1.29 bits per heavy atom. The van der Waals surface area contributed by atoms with Gasteiger partial charge in [-0.2, -0.15) is 4.98 Å². The highest BCUT2D eigenvalue weighted by Gasteiger charge is 2.14. The molecule has 3 aromatic rings. The number of hydrogen-bond acceptors (Lipinski definition) is 7. The van der Waals surface area contributed by atoms with Crippen molar-refractivity contribution in [2.75, 3.05) is 0 Å². The molecule has 3 rings (SSSR count). The van der Waals surface area contributed by atoms with Crippen LogP contribution in [0.2, 0.25) is 0 Å². The van der Waals surface area contributed by atoms with Gasteiger partial charge in [0.05, 0.1) is 11.4 Å². The van der Waals surface area contributed by atoms with E-state index in [1.54, 1.807) is 19.1 Å². The lowest BCUT2D eigenvalue weighted by Crippen LogP contribution is -2.21. The largest absolute Gasteiger partial charge is 0.361 e. The number of carbonyl (C=O) groups is 1. The molecule has 0 aromatic carbocycles. The highest BCUT2D eigenvalue weighted by atomic mass is 32.1. The highest BCUT2D eigenvalue weighted by Crippen LogP contribution is 2.16. The Balaban J connectivity index is 1.64. The molecule has 21 heavy (non-hydrogen) atoms. The zero-order valence-electron chi connectivity index (χ0n) is 11.4. The maximum Gasteiger partial charge on any atom is 0.261 e. The second-order valence-electron chi connectivity index (χ2n) is 4.43. The molecule has 0 aliphatic rings. The van der Waals surface area contributed by atoms with Crippen LogP contribution in [0.15, 0.2) is 27.2 Å². The van der Waals surface area contributed by atoms with Gasteiger partial charge >= 0.3 is 0 Å². The van der Waals surface area contributed by atoms with Crippen LogP contribution in [0.5, 0.6) is 0 Å². The number of aryl methyl sites for hydroxylation is 2. The zero-order valence-corrected chi connectivity index (χ0v) is 12.2. The van der Waals surface area contributed by atoms with E-state index in [0.29, 0.717) is 28.0 Å². The van der Waals surface area contributed by atoms with Gasteiger partial charge in [-0.15, -0.1) is 11.3 Å². The maximum absolute atomic E-state index is 11.9. The van der Waals surface area contributed by atoms with E-state index in [1.165, 1.54) is 11.3 Å². The van der Waals surface area contributed by atoms with Crippen molar-refractivity contribution in [3.63, 3.8) is 0 Å². The van der Waals surface area contributed by atoms with E-state index in [2.05, 4.69) is 20.6 Å². The Kier molecular flexibility index (Phi) is 3.53. The molecule has 3 aromatic heterocycles. The van der Waals surface area contributed by atoms with Crippen LogP contribution >= 0.6 is 11.3 Å². The van der Waals surface area contributed by atoms with E-state index in [1.807, 2.05) is 13.0 Å². The highest BCUT2D eigenvalue weighted by molar-refractivity contribution is 7.13. The van der Waals surface area contributed by atoms with Crippen molar-refractivity contribution in [1.82, 2.24) is 20.6 Å². The van der Waals surface area contributed by atoms with Gasteiger partial charge in [0.25, 0.3) is 5.91 Å². The van der Waals surface area contributed by atoms with Gasteiger partial charge in [0.15, 0.2) is 5.69 Å². The van der Waals surface area contributed by atoms with Crippen LogP contribution in [0.1, 0.15) is 26.2 Å². The van der Waals surface area contributed by atoms with Gasteiger partial charge in [-0.3, -0.25) is 4.79 Å². The fourth-order valence-electron chi connectivity index (χ4n) is 1.70. The number of amides is 1. The van der Waals surface area contributed by atoms with E-state index >= 15 is 0 Å². The lowest BCUT2D eigenvalue weighted by Gasteiger charge is -1.98. The lowest BCUT2D eigenvalue weighted by molar-refractivity contribution is 0.0950. The predicted molar refractivity (Wildman–Crippen MR) is 74.8 cm³/mol. The molecule has 108 valence electrons. The van der Waals surface area contributed by atoms with Crippen molar-refractivity contribution in [2.45, 2.75) is 20.4 Å².